The molecule has 1 saturated heterocycles. The fraction of sp³-hybridized carbons (Fsp3) is 0.353. The topological polar surface area (TPSA) is 45.4 Å². The van der Waals surface area contributed by atoms with Crippen molar-refractivity contribution in [2.24, 2.45) is 0 Å². The third-order valence-corrected chi connectivity index (χ3v) is 4.02. The summed E-state index contributed by atoms with van der Waals surface area (Å²) in [6.07, 6.45) is 0. The van der Waals surface area contributed by atoms with Gasteiger partial charge in [-0.05, 0) is 24.7 Å². The first-order valence-electron chi connectivity index (χ1n) is 7.43. The quantitative estimate of drug-likeness (QED) is 0.936. The van der Waals surface area contributed by atoms with Gasteiger partial charge in [-0.15, -0.1) is 0 Å². The molecule has 0 radical (unpaired) electrons. The summed E-state index contributed by atoms with van der Waals surface area (Å²) in [5, 5.41) is 0. The fourth-order valence-corrected chi connectivity index (χ4v) is 2.66. The summed E-state index contributed by atoms with van der Waals surface area (Å²) in [7, 11) is 2.19. The molecular weight excluding hydrogens is 260 g/mol. The Bertz CT molecular complexity index is 586. The van der Waals surface area contributed by atoms with Gasteiger partial charge in [-0.25, -0.2) is 4.98 Å². The van der Waals surface area contributed by atoms with Crippen molar-refractivity contribution in [1.29, 1.82) is 0 Å². The molecule has 21 heavy (non-hydrogen) atoms. The standard InChI is InChI=1S/C17H22N4/c1-20-9-11-21(12-10-20)13-14-5-7-15(8-6-14)16-3-2-4-17(18)19-16/h2-8H,9-13H2,1H3,(H2,18,19). The maximum absolute atomic E-state index is 5.74. The summed E-state index contributed by atoms with van der Waals surface area (Å²) in [6, 6.07) is 14.4. The number of rotatable bonds is 3. The van der Waals surface area contributed by atoms with E-state index in [1.165, 1.54) is 5.56 Å². The van der Waals surface area contributed by atoms with Crippen LogP contribution in [0.1, 0.15) is 5.56 Å². The van der Waals surface area contributed by atoms with Crippen LogP contribution in [-0.4, -0.2) is 48.0 Å². The van der Waals surface area contributed by atoms with Gasteiger partial charge in [-0.2, -0.15) is 0 Å². The Morgan fingerprint density at radius 3 is 2.38 bits per heavy atom. The lowest BCUT2D eigenvalue weighted by molar-refractivity contribution is 0.148. The van der Waals surface area contributed by atoms with Crippen molar-refractivity contribution < 1.29 is 0 Å². The molecule has 4 heteroatoms. The lowest BCUT2D eigenvalue weighted by atomic mass is 10.1. The zero-order valence-corrected chi connectivity index (χ0v) is 12.5. The Kier molecular flexibility index (Phi) is 4.18. The number of hydrogen-bond acceptors (Lipinski definition) is 4. The van der Waals surface area contributed by atoms with Gasteiger partial charge in [0.2, 0.25) is 0 Å². The minimum Gasteiger partial charge on any atom is -0.384 e. The summed E-state index contributed by atoms with van der Waals surface area (Å²) >= 11 is 0. The van der Waals surface area contributed by atoms with Crippen LogP contribution in [0.3, 0.4) is 0 Å². The van der Waals surface area contributed by atoms with Gasteiger partial charge in [0.25, 0.3) is 0 Å². The Morgan fingerprint density at radius 2 is 1.71 bits per heavy atom. The summed E-state index contributed by atoms with van der Waals surface area (Å²) in [4.78, 5) is 9.25. The summed E-state index contributed by atoms with van der Waals surface area (Å²) in [5.41, 5.74) is 9.14. The van der Waals surface area contributed by atoms with Crippen LogP contribution in [0.25, 0.3) is 11.3 Å². The second-order valence-corrected chi connectivity index (χ2v) is 5.72. The maximum atomic E-state index is 5.74. The number of benzene rings is 1. The monoisotopic (exact) mass is 282 g/mol. The number of nitrogen functional groups attached to an aromatic ring is 1. The Morgan fingerprint density at radius 1 is 1.00 bits per heavy atom. The predicted molar refractivity (Wildman–Crippen MR) is 86.9 cm³/mol. The van der Waals surface area contributed by atoms with E-state index in [-0.39, 0.29) is 0 Å². The van der Waals surface area contributed by atoms with Gasteiger partial charge in [-0.3, -0.25) is 4.90 Å². The third-order valence-electron chi connectivity index (χ3n) is 4.02. The van der Waals surface area contributed by atoms with E-state index in [1.807, 2.05) is 18.2 Å². The molecule has 0 unspecified atom stereocenters. The molecule has 0 spiro atoms. The average molecular weight is 282 g/mol. The first-order valence-corrected chi connectivity index (χ1v) is 7.43. The smallest absolute Gasteiger partial charge is 0.124 e. The highest BCUT2D eigenvalue weighted by atomic mass is 15.2. The lowest BCUT2D eigenvalue weighted by Crippen LogP contribution is -2.43. The minimum atomic E-state index is 0.564. The molecule has 4 nitrogen and oxygen atoms in total. The highest BCUT2D eigenvalue weighted by molar-refractivity contribution is 5.61. The van der Waals surface area contributed by atoms with Crippen LogP contribution >= 0.6 is 0 Å². The number of piperazine rings is 1. The van der Waals surface area contributed by atoms with E-state index in [1.54, 1.807) is 0 Å². The van der Waals surface area contributed by atoms with E-state index < -0.39 is 0 Å². The molecule has 110 valence electrons. The van der Waals surface area contributed by atoms with Crippen LogP contribution in [0.2, 0.25) is 0 Å². The third kappa shape index (κ3) is 3.60. The van der Waals surface area contributed by atoms with Crippen molar-refractivity contribution in [1.82, 2.24) is 14.8 Å². The molecule has 3 rings (SSSR count). The molecule has 0 aliphatic carbocycles. The number of hydrogen-bond donors (Lipinski definition) is 1. The van der Waals surface area contributed by atoms with Crippen molar-refractivity contribution in [3.05, 3.63) is 48.0 Å². The number of likely N-dealkylation sites (N-methyl/N-ethyl adjacent to an activating group) is 1. The number of nitrogens with zero attached hydrogens (tertiary/aromatic N) is 3. The van der Waals surface area contributed by atoms with Crippen LogP contribution in [0.5, 0.6) is 0 Å². The molecule has 1 aromatic carbocycles. The summed E-state index contributed by atoms with van der Waals surface area (Å²) < 4.78 is 0. The summed E-state index contributed by atoms with van der Waals surface area (Å²) in [6.45, 7) is 5.64. The van der Waals surface area contributed by atoms with Gasteiger partial charge in [0.15, 0.2) is 0 Å². The van der Waals surface area contributed by atoms with Gasteiger partial charge < -0.3 is 10.6 Å². The van der Waals surface area contributed by atoms with E-state index in [9.17, 15) is 0 Å². The number of aromatic nitrogens is 1. The van der Waals surface area contributed by atoms with Gasteiger partial charge in [-0.1, -0.05) is 30.3 Å². The van der Waals surface area contributed by atoms with Crippen LogP contribution in [-0.2, 0) is 6.54 Å². The molecular formula is C17H22N4. The zero-order valence-electron chi connectivity index (χ0n) is 12.5. The molecule has 2 aromatic rings. The second-order valence-electron chi connectivity index (χ2n) is 5.72. The normalized spacial score (nSPS) is 17.0. The maximum Gasteiger partial charge on any atom is 0.124 e. The van der Waals surface area contributed by atoms with Crippen LogP contribution in [0.15, 0.2) is 42.5 Å². The lowest BCUT2D eigenvalue weighted by Gasteiger charge is -2.32. The Balaban J connectivity index is 1.67. The van der Waals surface area contributed by atoms with E-state index in [4.69, 9.17) is 5.73 Å². The number of pyridine rings is 1. The Hall–Kier alpha value is -1.91. The van der Waals surface area contributed by atoms with Gasteiger partial charge in [0, 0.05) is 38.3 Å². The highest BCUT2D eigenvalue weighted by Gasteiger charge is 2.13. The molecule has 0 amide bonds. The average Bonchev–Trinajstić information content (AvgIpc) is 2.50. The predicted octanol–water partition coefficient (Wildman–Crippen LogP) is 2.08. The SMILES string of the molecule is CN1CCN(Cc2ccc(-c3cccc(N)n3)cc2)CC1. The molecule has 0 saturated carbocycles. The molecule has 0 atom stereocenters. The fourth-order valence-electron chi connectivity index (χ4n) is 2.66. The van der Waals surface area contributed by atoms with Crippen LogP contribution in [0, 0.1) is 0 Å². The number of nitrogens with two attached hydrogens (primary N) is 1. The van der Waals surface area contributed by atoms with E-state index in [2.05, 4.69) is 46.1 Å². The van der Waals surface area contributed by atoms with Gasteiger partial charge in [0.1, 0.15) is 5.82 Å². The minimum absolute atomic E-state index is 0.564. The first-order chi connectivity index (χ1) is 10.2. The van der Waals surface area contributed by atoms with E-state index in [0.717, 1.165) is 44.0 Å². The van der Waals surface area contributed by atoms with Crippen molar-refractivity contribution in [2.45, 2.75) is 6.54 Å². The van der Waals surface area contributed by atoms with E-state index in [0.29, 0.717) is 5.82 Å². The molecule has 2 N–H and O–H groups in total. The van der Waals surface area contributed by atoms with Crippen molar-refractivity contribution in [3.63, 3.8) is 0 Å². The number of anilines is 1. The van der Waals surface area contributed by atoms with Crippen molar-refractivity contribution >= 4 is 5.82 Å². The molecule has 1 aliphatic heterocycles. The zero-order chi connectivity index (χ0) is 14.7. The molecule has 1 aliphatic rings. The first kappa shape index (κ1) is 14.0. The molecule has 2 heterocycles. The molecule has 1 aromatic heterocycles. The summed E-state index contributed by atoms with van der Waals surface area (Å²) in [5.74, 6) is 0.564. The van der Waals surface area contributed by atoms with Crippen LogP contribution in [0.4, 0.5) is 5.82 Å². The van der Waals surface area contributed by atoms with Crippen molar-refractivity contribution in [3.8, 4) is 11.3 Å². The van der Waals surface area contributed by atoms with Crippen molar-refractivity contribution in [2.75, 3.05) is 39.0 Å². The van der Waals surface area contributed by atoms with Crippen LogP contribution < -0.4 is 5.73 Å². The molecule has 0 bridgehead atoms. The Labute approximate surface area is 126 Å². The molecule has 1 fully saturated rings. The largest absolute Gasteiger partial charge is 0.384 e. The second kappa shape index (κ2) is 6.24. The van der Waals surface area contributed by atoms with E-state index >= 15 is 0 Å². The van der Waals surface area contributed by atoms with Gasteiger partial charge in [0.05, 0.1) is 5.69 Å². The van der Waals surface area contributed by atoms with Gasteiger partial charge >= 0.3 is 0 Å². The highest BCUT2D eigenvalue weighted by Crippen LogP contribution is 2.19.